The van der Waals surface area contributed by atoms with Gasteiger partial charge in [-0.05, 0) is 52.7 Å². The molecule has 1 heterocycles. The first kappa shape index (κ1) is 13.5. The number of nitrogens with one attached hydrogen (secondary N) is 1. The van der Waals surface area contributed by atoms with Gasteiger partial charge in [0.25, 0.3) is 5.91 Å². The number of benzene rings is 1. The number of nitrogens with zero attached hydrogens (tertiary/aromatic N) is 1. The van der Waals surface area contributed by atoms with Gasteiger partial charge in [-0.3, -0.25) is 9.78 Å². The van der Waals surface area contributed by atoms with Crippen LogP contribution in [0.5, 0.6) is 5.75 Å². The van der Waals surface area contributed by atoms with E-state index in [1.807, 2.05) is 25.1 Å². The Labute approximate surface area is 119 Å². The van der Waals surface area contributed by atoms with Gasteiger partial charge in [-0.25, -0.2) is 0 Å². The number of halogens is 1. The topological polar surface area (TPSA) is 51.2 Å². The van der Waals surface area contributed by atoms with Gasteiger partial charge in [0, 0.05) is 6.20 Å². The molecular formula is C14H13BrN2O2. The minimum Gasteiger partial charge on any atom is -0.483 e. The van der Waals surface area contributed by atoms with Crippen molar-refractivity contribution in [2.45, 2.75) is 6.92 Å². The molecule has 0 atom stereocenters. The summed E-state index contributed by atoms with van der Waals surface area (Å²) in [5.74, 6) is 0.424. The van der Waals surface area contributed by atoms with Gasteiger partial charge in [0.05, 0.1) is 16.4 Å². The van der Waals surface area contributed by atoms with Gasteiger partial charge < -0.3 is 10.1 Å². The number of amides is 1. The Morgan fingerprint density at radius 2 is 2.26 bits per heavy atom. The number of pyridine rings is 1. The van der Waals surface area contributed by atoms with E-state index in [9.17, 15) is 4.79 Å². The first-order valence-electron chi connectivity index (χ1n) is 5.74. The smallest absolute Gasteiger partial charge is 0.262 e. The van der Waals surface area contributed by atoms with Crippen LogP contribution in [0, 0.1) is 6.92 Å². The largest absolute Gasteiger partial charge is 0.483 e. The predicted octanol–water partition coefficient (Wildman–Crippen LogP) is 3.17. The number of aryl methyl sites for hydroxylation is 1. The van der Waals surface area contributed by atoms with Crippen molar-refractivity contribution in [3.8, 4) is 5.75 Å². The molecule has 0 fully saturated rings. The van der Waals surface area contributed by atoms with Crippen molar-refractivity contribution < 1.29 is 9.53 Å². The fraction of sp³-hybridized carbons (Fsp3) is 0.143. The predicted molar refractivity (Wildman–Crippen MR) is 77.2 cm³/mol. The third-order valence-electron chi connectivity index (χ3n) is 2.39. The fourth-order valence-electron chi connectivity index (χ4n) is 1.50. The Morgan fingerprint density at radius 3 is 2.95 bits per heavy atom. The summed E-state index contributed by atoms with van der Waals surface area (Å²) in [6.07, 6.45) is 3.23. The minimum absolute atomic E-state index is 0.0451. The van der Waals surface area contributed by atoms with Gasteiger partial charge in [-0.1, -0.05) is 6.07 Å². The second kappa shape index (κ2) is 6.33. The summed E-state index contributed by atoms with van der Waals surface area (Å²) in [5.41, 5.74) is 1.78. The second-order valence-corrected chi connectivity index (χ2v) is 4.87. The highest BCUT2D eigenvalue weighted by Gasteiger charge is 2.06. The van der Waals surface area contributed by atoms with E-state index >= 15 is 0 Å². The summed E-state index contributed by atoms with van der Waals surface area (Å²) in [4.78, 5) is 15.6. The van der Waals surface area contributed by atoms with Crippen LogP contribution >= 0.6 is 15.9 Å². The zero-order valence-electron chi connectivity index (χ0n) is 10.4. The molecule has 5 heteroatoms. The van der Waals surface area contributed by atoms with Crippen LogP contribution < -0.4 is 10.1 Å². The van der Waals surface area contributed by atoms with Crippen molar-refractivity contribution in [1.29, 1.82) is 0 Å². The Bertz CT molecular complexity index is 573. The maximum atomic E-state index is 11.7. The molecule has 0 aliphatic rings. The minimum atomic E-state index is -0.222. The molecule has 0 saturated heterocycles. The molecule has 0 aliphatic carbocycles. The molecule has 1 aromatic carbocycles. The van der Waals surface area contributed by atoms with Gasteiger partial charge in [-0.15, -0.1) is 0 Å². The SMILES string of the molecule is Cc1ccc(OCC(=O)Nc2cccnc2)c(Br)c1. The van der Waals surface area contributed by atoms with E-state index < -0.39 is 0 Å². The maximum absolute atomic E-state index is 11.7. The van der Waals surface area contributed by atoms with E-state index in [0.29, 0.717) is 11.4 Å². The molecule has 0 spiro atoms. The third-order valence-corrected chi connectivity index (χ3v) is 3.01. The van der Waals surface area contributed by atoms with Gasteiger partial charge in [-0.2, -0.15) is 0 Å². The highest BCUT2D eigenvalue weighted by Crippen LogP contribution is 2.25. The molecule has 98 valence electrons. The maximum Gasteiger partial charge on any atom is 0.262 e. The lowest BCUT2D eigenvalue weighted by atomic mass is 10.2. The average Bonchev–Trinajstić information content (AvgIpc) is 2.39. The van der Waals surface area contributed by atoms with Crippen molar-refractivity contribution in [1.82, 2.24) is 4.98 Å². The van der Waals surface area contributed by atoms with Crippen LogP contribution in [0.25, 0.3) is 0 Å². The number of rotatable bonds is 4. The molecule has 0 unspecified atom stereocenters. The number of carbonyl (C=O) groups is 1. The monoisotopic (exact) mass is 320 g/mol. The molecule has 19 heavy (non-hydrogen) atoms. The van der Waals surface area contributed by atoms with Crippen molar-refractivity contribution in [3.05, 3.63) is 52.8 Å². The van der Waals surface area contributed by atoms with Crippen LogP contribution in [0.2, 0.25) is 0 Å². The zero-order chi connectivity index (χ0) is 13.7. The van der Waals surface area contributed by atoms with E-state index in [1.165, 1.54) is 0 Å². The van der Waals surface area contributed by atoms with Crippen LogP contribution in [-0.2, 0) is 4.79 Å². The van der Waals surface area contributed by atoms with Gasteiger partial charge in [0.2, 0.25) is 0 Å². The number of aromatic nitrogens is 1. The Kier molecular flexibility index (Phi) is 4.52. The third kappa shape index (κ3) is 4.06. The summed E-state index contributed by atoms with van der Waals surface area (Å²) >= 11 is 3.40. The summed E-state index contributed by atoms with van der Waals surface area (Å²) in [7, 11) is 0. The second-order valence-electron chi connectivity index (χ2n) is 4.01. The standard InChI is InChI=1S/C14H13BrN2O2/c1-10-4-5-13(12(15)7-10)19-9-14(18)17-11-3-2-6-16-8-11/h2-8H,9H2,1H3,(H,17,18). The van der Waals surface area contributed by atoms with Crippen molar-refractivity contribution >= 4 is 27.5 Å². The van der Waals surface area contributed by atoms with E-state index in [1.54, 1.807) is 24.5 Å². The van der Waals surface area contributed by atoms with E-state index in [2.05, 4.69) is 26.2 Å². The number of hydrogen-bond donors (Lipinski definition) is 1. The molecular weight excluding hydrogens is 308 g/mol. The molecule has 1 N–H and O–H groups in total. The van der Waals surface area contributed by atoms with E-state index in [0.717, 1.165) is 10.0 Å². The van der Waals surface area contributed by atoms with Gasteiger partial charge in [0.15, 0.2) is 6.61 Å². The quantitative estimate of drug-likeness (QED) is 0.941. The van der Waals surface area contributed by atoms with Gasteiger partial charge >= 0.3 is 0 Å². The summed E-state index contributed by atoms with van der Waals surface area (Å²) in [5, 5.41) is 2.70. The molecule has 2 aromatic rings. The van der Waals surface area contributed by atoms with E-state index in [-0.39, 0.29) is 12.5 Å². The van der Waals surface area contributed by atoms with Crippen molar-refractivity contribution in [2.75, 3.05) is 11.9 Å². The number of anilines is 1. The highest BCUT2D eigenvalue weighted by atomic mass is 79.9. The number of carbonyl (C=O) groups excluding carboxylic acids is 1. The van der Waals surface area contributed by atoms with Crippen LogP contribution in [0.4, 0.5) is 5.69 Å². The average molecular weight is 321 g/mol. The molecule has 0 bridgehead atoms. The summed E-state index contributed by atoms with van der Waals surface area (Å²) in [6.45, 7) is 1.94. The summed E-state index contributed by atoms with van der Waals surface area (Å²) in [6, 6.07) is 9.23. The van der Waals surface area contributed by atoms with E-state index in [4.69, 9.17) is 4.74 Å². The highest BCUT2D eigenvalue weighted by molar-refractivity contribution is 9.10. The number of ether oxygens (including phenoxy) is 1. The van der Waals surface area contributed by atoms with Crippen molar-refractivity contribution in [3.63, 3.8) is 0 Å². The zero-order valence-corrected chi connectivity index (χ0v) is 12.0. The number of hydrogen-bond acceptors (Lipinski definition) is 3. The van der Waals surface area contributed by atoms with Crippen LogP contribution in [0.15, 0.2) is 47.2 Å². The lowest BCUT2D eigenvalue weighted by molar-refractivity contribution is -0.118. The molecule has 0 radical (unpaired) electrons. The van der Waals surface area contributed by atoms with Crippen LogP contribution in [0.3, 0.4) is 0 Å². The molecule has 0 aliphatic heterocycles. The van der Waals surface area contributed by atoms with Crippen LogP contribution in [-0.4, -0.2) is 17.5 Å². The first-order valence-corrected chi connectivity index (χ1v) is 6.53. The Hall–Kier alpha value is -1.88. The van der Waals surface area contributed by atoms with Crippen LogP contribution in [0.1, 0.15) is 5.56 Å². The lowest BCUT2D eigenvalue weighted by Gasteiger charge is -2.09. The normalized spacial score (nSPS) is 10.0. The van der Waals surface area contributed by atoms with Gasteiger partial charge in [0.1, 0.15) is 5.75 Å². The lowest BCUT2D eigenvalue weighted by Crippen LogP contribution is -2.20. The molecule has 0 saturated carbocycles. The Balaban J connectivity index is 1.90. The molecule has 4 nitrogen and oxygen atoms in total. The fourth-order valence-corrected chi connectivity index (χ4v) is 2.11. The first-order chi connectivity index (χ1) is 9.15. The molecule has 2 rings (SSSR count). The molecule has 1 amide bonds. The molecule has 1 aromatic heterocycles. The summed E-state index contributed by atoms with van der Waals surface area (Å²) < 4.78 is 6.28. The van der Waals surface area contributed by atoms with Crippen molar-refractivity contribution in [2.24, 2.45) is 0 Å². The Morgan fingerprint density at radius 1 is 1.42 bits per heavy atom.